The highest BCUT2D eigenvalue weighted by molar-refractivity contribution is 6.34. The number of fused-ring (bicyclic) bond motifs is 1. The lowest BCUT2D eigenvalue weighted by Crippen LogP contribution is -2.39. The molecular weight excluding hydrogens is 424 g/mol. The average Bonchev–Trinajstić information content (AvgIpc) is 3.36. The standard InChI is InChI=1S/C24H18N4O5/c1-33-19-10-6-5-9-18(19)26-23(29)20-21(15-11-13-17(14-12-15)28(31)32)25-27(22(20)24(26)30)16-7-3-2-4-8-16/h2-14,20,22H,1H3. The average molecular weight is 442 g/mol. The van der Waals surface area contributed by atoms with Gasteiger partial charge in [0, 0.05) is 12.1 Å². The maximum absolute atomic E-state index is 13.6. The van der Waals surface area contributed by atoms with Crippen LogP contribution in [-0.4, -0.2) is 35.6 Å². The van der Waals surface area contributed by atoms with Crippen molar-refractivity contribution in [3.63, 3.8) is 0 Å². The van der Waals surface area contributed by atoms with Gasteiger partial charge in [0.2, 0.25) is 5.91 Å². The molecule has 2 aliphatic rings. The quantitative estimate of drug-likeness (QED) is 0.341. The van der Waals surface area contributed by atoms with Gasteiger partial charge in [0.05, 0.1) is 29.1 Å². The van der Waals surface area contributed by atoms with E-state index >= 15 is 0 Å². The van der Waals surface area contributed by atoms with E-state index in [1.165, 1.54) is 19.2 Å². The normalized spacial score (nSPS) is 19.5. The number of nitrogens with zero attached hydrogens (tertiary/aromatic N) is 4. The van der Waals surface area contributed by atoms with Crippen LogP contribution in [0.2, 0.25) is 0 Å². The second-order valence-electron chi connectivity index (χ2n) is 7.58. The summed E-state index contributed by atoms with van der Waals surface area (Å²) in [5.74, 6) is -1.31. The van der Waals surface area contributed by atoms with Crippen molar-refractivity contribution in [3.05, 3.63) is 94.5 Å². The number of hydrazone groups is 1. The van der Waals surface area contributed by atoms with Crippen molar-refractivity contribution in [1.29, 1.82) is 0 Å². The molecule has 1 saturated heterocycles. The number of non-ortho nitro benzene ring substituents is 1. The summed E-state index contributed by atoms with van der Waals surface area (Å²) in [5, 5.41) is 17.3. The Morgan fingerprint density at radius 2 is 1.58 bits per heavy atom. The van der Waals surface area contributed by atoms with E-state index in [-0.39, 0.29) is 5.69 Å². The largest absolute Gasteiger partial charge is 0.495 e. The zero-order chi connectivity index (χ0) is 23.1. The number of nitro benzene ring substituents is 1. The van der Waals surface area contributed by atoms with Gasteiger partial charge < -0.3 is 4.74 Å². The lowest BCUT2D eigenvalue weighted by molar-refractivity contribution is -0.384. The Morgan fingerprint density at radius 1 is 0.909 bits per heavy atom. The van der Waals surface area contributed by atoms with Crippen molar-refractivity contribution in [2.24, 2.45) is 11.0 Å². The summed E-state index contributed by atoms with van der Waals surface area (Å²) >= 11 is 0. The molecule has 3 aromatic rings. The van der Waals surface area contributed by atoms with Crippen LogP contribution in [0.3, 0.4) is 0 Å². The lowest BCUT2D eigenvalue weighted by Gasteiger charge is -2.22. The van der Waals surface area contributed by atoms with Gasteiger partial charge in [-0.3, -0.25) is 24.7 Å². The number of nitro groups is 1. The van der Waals surface area contributed by atoms with Gasteiger partial charge in [0.25, 0.3) is 11.6 Å². The van der Waals surface area contributed by atoms with E-state index in [1.807, 2.05) is 30.3 Å². The number of carbonyl (C=O) groups is 2. The molecule has 0 aliphatic carbocycles. The Labute approximate surface area is 188 Å². The van der Waals surface area contributed by atoms with Crippen LogP contribution in [0, 0.1) is 16.0 Å². The number of carbonyl (C=O) groups excluding carboxylic acids is 2. The first-order chi connectivity index (χ1) is 16.0. The highest BCUT2D eigenvalue weighted by Gasteiger charge is 2.57. The molecular formula is C24H18N4O5. The zero-order valence-electron chi connectivity index (χ0n) is 17.5. The second-order valence-corrected chi connectivity index (χ2v) is 7.58. The molecule has 2 amide bonds. The first-order valence-electron chi connectivity index (χ1n) is 10.2. The molecule has 2 atom stereocenters. The summed E-state index contributed by atoms with van der Waals surface area (Å²) in [5.41, 5.74) is 1.87. The molecule has 0 saturated carbocycles. The molecule has 0 N–H and O–H groups in total. The Kier molecular flexibility index (Phi) is 4.86. The summed E-state index contributed by atoms with van der Waals surface area (Å²) in [7, 11) is 1.48. The summed E-state index contributed by atoms with van der Waals surface area (Å²) in [6.45, 7) is 0. The molecule has 2 unspecified atom stereocenters. The topological polar surface area (TPSA) is 105 Å². The summed E-state index contributed by atoms with van der Waals surface area (Å²) in [6, 6.07) is 20.9. The Balaban J connectivity index is 1.63. The molecule has 0 radical (unpaired) electrons. The first kappa shape index (κ1) is 20.4. The van der Waals surface area contributed by atoms with Gasteiger partial charge in [-0.05, 0) is 42.0 Å². The van der Waals surface area contributed by atoms with Gasteiger partial charge in [-0.15, -0.1) is 0 Å². The fourth-order valence-electron chi connectivity index (χ4n) is 4.25. The monoisotopic (exact) mass is 442 g/mol. The van der Waals surface area contributed by atoms with Gasteiger partial charge in [-0.25, -0.2) is 4.90 Å². The van der Waals surface area contributed by atoms with E-state index in [0.717, 1.165) is 4.90 Å². The van der Waals surface area contributed by atoms with Crippen LogP contribution >= 0.6 is 0 Å². The Hall–Kier alpha value is -4.53. The maximum atomic E-state index is 13.6. The minimum atomic E-state index is -0.880. The van der Waals surface area contributed by atoms with Gasteiger partial charge in [-0.2, -0.15) is 5.10 Å². The molecule has 9 nitrogen and oxygen atoms in total. The Bertz CT molecular complexity index is 1290. The van der Waals surface area contributed by atoms with Gasteiger partial charge >= 0.3 is 0 Å². The summed E-state index contributed by atoms with van der Waals surface area (Å²) < 4.78 is 5.38. The number of amides is 2. The molecule has 9 heteroatoms. The van der Waals surface area contributed by atoms with E-state index in [0.29, 0.717) is 28.4 Å². The highest BCUT2D eigenvalue weighted by Crippen LogP contribution is 2.41. The van der Waals surface area contributed by atoms with Gasteiger partial charge in [0.15, 0.2) is 0 Å². The summed E-state index contributed by atoms with van der Waals surface area (Å²) in [4.78, 5) is 39.0. The fraction of sp³-hybridized carbons (Fsp3) is 0.125. The third kappa shape index (κ3) is 3.21. The zero-order valence-corrected chi connectivity index (χ0v) is 17.5. The van der Waals surface area contributed by atoms with E-state index in [9.17, 15) is 19.7 Å². The number of rotatable bonds is 5. The molecule has 2 heterocycles. The predicted octanol–water partition coefficient (Wildman–Crippen LogP) is 3.39. The molecule has 0 spiro atoms. The molecule has 0 aromatic heterocycles. The molecule has 5 rings (SSSR count). The van der Waals surface area contributed by atoms with Crippen molar-refractivity contribution in [3.8, 4) is 5.75 Å². The molecule has 0 bridgehead atoms. The number of ether oxygens (including phenoxy) is 1. The number of para-hydroxylation sites is 3. The third-order valence-corrected chi connectivity index (χ3v) is 5.77. The number of hydrogen-bond donors (Lipinski definition) is 0. The van der Waals surface area contributed by atoms with Crippen molar-refractivity contribution in [2.45, 2.75) is 6.04 Å². The van der Waals surface area contributed by atoms with E-state index < -0.39 is 28.7 Å². The van der Waals surface area contributed by atoms with E-state index in [4.69, 9.17) is 4.74 Å². The number of benzene rings is 3. The Morgan fingerprint density at radius 3 is 2.24 bits per heavy atom. The first-order valence-corrected chi connectivity index (χ1v) is 10.2. The van der Waals surface area contributed by atoms with Crippen LogP contribution in [0.5, 0.6) is 5.75 Å². The fourth-order valence-corrected chi connectivity index (χ4v) is 4.25. The minimum Gasteiger partial charge on any atom is -0.495 e. The van der Waals surface area contributed by atoms with Gasteiger partial charge in [-0.1, -0.05) is 30.3 Å². The molecule has 1 fully saturated rings. The van der Waals surface area contributed by atoms with Crippen LogP contribution < -0.4 is 14.6 Å². The number of anilines is 2. The van der Waals surface area contributed by atoms with E-state index in [2.05, 4.69) is 5.10 Å². The SMILES string of the molecule is COc1ccccc1N1C(=O)C2C(c3ccc([N+](=O)[O-])cc3)=NN(c3ccccc3)C2C1=O. The lowest BCUT2D eigenvalue weighted by atomic mass is 9.92. The van der Waals surface area contributed by atoms with E-state index in [1.54, 1.807) is 41.4 Å². The second kappa shape index (κ2) is 7.86. The van der Waals surface area contributed by atoms with Crippen LogP contribution in [0.25, 0.3) is 0 Å². The molecule has 164 valence electrons. The highest BCUT2D eigenvalue weighted by atomic mass is 16.6. The number of imide groups is 1. The predicted molar refractivity (Wildman–Crippen MR) is 121 cm³/mol. The van der Waals surface area contributed by atoms with Crippen LogP contribution in [0.1, 0.15) is 5.56 Å². The maximum Gasteiger partial charge on any atom is 0.269 e. The van der Waals surface area contributed by atoms with Crippen molar-refractivity contribution in [2.75, 3.05) is 17.0 Å². The minimum absolute atomic E-state index is 0.0710. The summed E-state index contributed by atoms with van der Waals surface area (Å²) in [6.07, 6.45) is 0. The van der Waals surface area contributed by atoms with Crippen LogP contribution in [0.4, 0.5) is 17.1 Å². The van der Waals surface area contributed by atoms with Crippen LogP contribution in [0.15, 0.2) is 84.0 Å². The van der Waals surface area contributed by atoms with Crippen LogP contribution in [-0.2, 0) is 9.59 Å². The van der Waals surface area contributed by atoms with Crippen molar-refractivity contribution in [1.82, 2.24) is 0 Å². The smallest absolute Gasteiger partial charge is 0.269 e. The molecule has 2 aliphatic heterocycles. The number of methoxy groups -OCH3 is 1. The van der Waals surface area contributed by atoms with Crippen molar-refractivity contribution < 1.29 is 19.2 Å². The molecule has 33 heavy (non-hydrogen) atoms. The molecule has 3 aromatic carbocycles. The van der Waals surface area contributed by atoms with Gasteiger partial charge in [0.1, 0.15) is 17.7 Å². The third-order valence-electron chi connectivity index (χ3n) is 5.77. The number of hydrogen-bond acceptors (Lipinski definition) is 7. The van der Waals surface area contributed by atoms with Crippen molar-refractivity contribution >= 4 is 34.6 Å².